The molecule has 0 spiro atoms. The van der Waals surface area contributed by atoms with E-state index in [-0.39, 0.29) is 17.6 Å². The predicted molar refractivity (Wildman–Crippen MR) is 94.9 cm³/mol. The van der Waals surface area contributed by atoms with Crippen molar-refractivity contribution in [3.05, 3.63) is 53.8 Å². The minimum absolute atomic E-state index is 0.0291. The third-order valence-corrected chi connectivity index (χ3v) is 4.84. The number of carbonyl (C=O) groups excluding carboxylic acids is 1. The number of aryl methyl sites for hydroxylation is 1. The SMILES string of the molecule is COc1ccc(C(=O)N2CCC(c3nc(-c4cccn4C)no3)C2)cc1F. The van der Waals surface area contributed by atoms with Gasteiger partial charge in [0.25, 0.3) is 5.91 Å². The molecule has 2 aromatic heterocycles. The Morgan fingerprint density at radius 1 is 1.37 bits per heavy atom. The number of nitrogens with zero attached hydrogens (tertiary/aromatic N) is 4. The predicted octanol–water partition coefficient (Wildman–Crippen LogP) is 2.85. The Bertz CT molecular complexity index is 981. The van der Waals surface area contributed by atoms with Crippen molar-refractivity contribution in [2.75, 3.05) is 20.2 Å². The van der Waals surface area contributed by atoms with Gasteiger partial charge in [-0.25, -0.2) is 4.39 Å². The molecule has 1 atom stereocenters. The molecular formula is C19H19FN4O3. The number of amides is 1. The second kappa shape index (κ2) is 6.86. The van der Waals surface area contributed by atoms with Crippen LogP contribution < -0.4 is 4.74 Å². The lowest BCUT2D eigenvalue weighted by Crippen LogP contribution is -2.28. The summed E-state index contributed by atoms with van der Waals surface area (Å²) in [5, 5.41) is 4.05. The van der Waals surface area contributed by atoms with E-state index in [1.54, 1.807) is 11.0 Å². The van der Waals surface area contributed by atoms with E-state index in [9.17, 15) is 9.18 Å². The van der Waals surface area contributed by atoms with E-state index in [4.69, 9.17) is 9.26 Å². The first-order valence-electron chi connectivity index (χ1n) is 8.65. The molecule has 1 unspecified atom stereocenters. The van der Waals surface area contributed by atoms with Crippen molar-refractivity contribution in [1.29, 1.82) is 0 Å². The van der Waals surface area contributed by atoms with Crippen molar-refractivity contribution in [3.8, 4) is 17.3 Å². The summed E-state index contributed by atoms with van der Waals surface area (Å²) in [6.07, 6.45) is 2.63. The topological polar surface area (TPSA) is 73.4 Å². The van der Waals surface area contributed by atoms with Crippen molar-refractivity contribution >= 4 is 5.91 Å². The molecule has 4 rings (SSSR count). The first-order chi connectivity index (χ1) is 13.1. The molecule has 1 aliphatic heterocycles. The standard InChI is InChI=1S/C19H19FN4O3/c1-23-8-3-4-15(23)17-21-18(27-22-17)13-7-9-24(11-13)19(25)12-5-6-16(26-2)14(20)10-12/h3-6,8,10,13H,7,9,11H2,1-2H3. The summed E-state index contributed by atoms with van der Waals surface area (Å²) < 4.78 is 26.1. The third kappa shape index (κ3) is 3.18. The molecule has 8 heteroatoms. The molecule has 0 N–H and O–H groups in total. The molecule has 27 heavy (non-hydrogen) atoms. The molecule has 0 aliphatic carbocycles. The highest BCUT2D eigenvalue weighted by Gasteiger charge is 2.32. The van der Waals surface area contributed by atoms with Gasteiger partial charge >= 0.3 is 0 Å². The average molecular weight is 370 g/mol. The molecular weight excluding hydrogens is 351 g/mol. The molecule has 1 amide bonds. The lowest BCUT2D eigenvalue weighted by Gasteiger charge is -2.16. The summed E-state index contributed by atoms with van der Waals surface area (Å²) in [4.78, 5) is 18.8. The fourth-order valence-electron chi connectivity index (χ4n) is 3.33. The lowest BCUT2D eigenvalue weighted by molar-refractivity contribution is 0.0789. The summed E-state index contributed by atoms with van der Waals surface area (Å²) >= 11 is 0. The zero-order chi connectivity index (χ0) is 19.0. The van der Waals surface area contributed by atoms with Crippen LogP contribution in [-0.4, -0.2) is 45.7 Å². The van der Waals surface area contributed by atoms with Gasteiger partial charge in [0, 0.05) is 31.9 Å². The van der Waals surface area contributed by atoms with Crippen LogP contribution in [0.5, 0.6) is 5.75 Å². The number of hydrogen-bond donors (Lipinski definition) is 0. The molecule has 3 heterocycles. The van der Waals surface area contributed by atoms with Gasteiger partial charge in [0.2, 0.25) is 11.7 Å². The Hall–Kier alpha value is -3.16. The van der Waals surface area contributed by atoms with Crippen LogP contribution >= 0.6 is 0 Å². The molecule has 140 valence electrons. The van der Waals surface area contributed by atoms with Crippen LogP contribution in [-0.2, 0) is 7.05 Å². The van der Waals surface area contributed by atoms with E-state index in [1.807, 2.05) is 29.9 Å². The van der Waals surface area contributed by atoms with Gasteiger partial charge in [-0.15, -0.1) is 0 Å². The number of hydrogen-bond acceptors (Lipinski definition) is 5. The zero-order valence-corrected chi connectivity index (χ0v) is 15.1. The van der Waals surface area contributed by atoms with Gasteiger partial charge in [-0.3, -0.25) is 4.79 Å². The summed E-state index contributed by atoms with van der Waals surface area (Å²) in [7, 11) is 3.30. The smallest absolute Gasteiger partial charge is 0.253 e. The molecule has 7 nitrogen and oxygen atoms in total. The fraction of sp³-hybridized carbons (Fsp3) is 0.316. The number of benzene rings is 1. The van der Waals surface area contributed by atoms with Gasteiger partial charge in [0.1, 0.15) is 0 Å². The van der Waals surface area contributed by atoms with E-state index in [2.05, 4.69) is 10.1 Å². The Kier molecular flexibility index (Phi) is 4.39. The highest BCUT2D eigenvalue weighted by Crippen LogP contribution is 2.29. The number of carbonyl (C=O) groups is 1. The van der Waals surface area contributed by atoms with Crippen molar-refractivity contribution in [2.24, 2.45) is 7.05 Å². The first kappa shape index (κ1) is 17.3. The molecule has 0 radical (unpaired) electrons. The molecule has 1 saturated heterocycles. The van der Waals surface area contributed by atoms with Crippen LogP contribution in [0.4, 0.5) is 4.39 Å². The minimum Gasteiger partial charge on any atom is -0.494 e. The van der Waals surface area contributed by atoms with Crippen LogP contribution in [0.2, 0.25) is 0 Å². The van der Waals surface area contributed by atoms with Gasteiger partial charge in [-0.2, -0.15) is 4.98 Å². The molecule has 0 bridgehead atoms. The monoisotopic (exact) mass is 370 g/mol. The number of likely N-dealkylation sites (tertiary alicyclic amines) is 1. The van der Waals surface area contributed by atoms with Crippen molar-refractivity contribution in [1.82, 2.24) is 19.6 Å². The number of rotatable bonds is 4. The van der Waals surface area contributed by atoms with E-state index < -0.39 is 5.82 Å². The van der Waals surface area contributed by atoms with E-state index >= 15 is 0 Å². The third-order valence-electron chi connectivity index (χ3n) is 4.84. The van der Waals surface area contributed by atoms with Crippen LogP contribution in [0.25, 0.3) is 11.5 Å². The van der Waals surface area contributed by atoms with Gasteiger partial charge in [-0.05, 0) is 36.8 Å². The minimum atomic E-state index is -0.553. The van der Waals surface area contributed by atoms with Gasteiger partial charge in [-0.1, -0.05) is 5.16 Å². The van der Waals surface area contributed by atoms with Crippen LogP contribution in [0.1, 0.15) is 28.6 Å². The van der Waals surface area contributed by atoms with E-state index in [0.29, 0.717) is 30.4 Å². The molecule has 1 fully saturated rings. The summed E-state index contributed by atoms with van der Waals surface area (Å²) in [5.41, 5.74) is 1.16. The maximum absolute atomic E-state index is 13.9. The Balaban J connectivity index is 1.47. The zero-order valence-electron chi connectivity index (χ0n) is 15.1. The second-order valence-corrected chi connectivity index (χ2v) is 6.55. The van der Waals surface area contributed by atoms with Crippen LogP contribution in [0, 0.1) is 5.82 Å². The van der Waals surface area contributed by atoms with Crippen LogP contribution in [0.3, 0.4) is 0 Å². The Morgan fingerprint density at radius 2 is 2.22 bits per heavy atom. The molecule has 3 aromatic rings. The Labute approximate surface area is 155 Å². The quantitative estimate of drug-likeness (QED) is 0.706. The number of halogens is 1. The number of aromatic nitrogens is 3. The Morgan fingerprint density at radius 3 is 2.93 bits per heavy atom. The van der Waals surface area contributed by atoms with Gasteiger partial charge in [0.05, 0.1) is 18.7 Å². The summed E-state index contributed by atoms with van der Waals surface area (Å²) in [5.74, 6) is 0.356. The second-order valence-electron chi connectivity index (χ2n) is 6.55. The first-order valence-corrected chi connectivity index (χ1v) is 8.65. The number of methoxy groups -OCH3 is 1. The highest BCUT2D eigenvalue weighted by atomic mass is 19.1. The van der Waals surface area contributed by atoms with Crippen molar-refractivity contribution < 1.29 is 18.4 Å². The average Bonchev–Trinajstić information content (AvgIpc) is 3.40. The normalized spacial score (nSPS) is 16.7. The molecule has 1 aromatic carbocycles. The lowest BCUT2D eigenvalue weighted by atomic mass is 10.1. The maximum atomic E-state index is 13.9. The van der Waals surface area contributed by atoms with E-state index in [1.165, 1.54) is 19.2 Å². The highest BCUT2D eigenvalue weighted by molar-refractivity contribution is 5.94. The molecule has 0 saturated carbocycles. The fourth-order valence-corrected chi connectivity index (χ4v) is 3.33. The van der Waals surface area contributed by atoms with E-state index in [0.717, 1.165) is 12.1 Å². The molecule has 1 aliphatic rings. The summed E-state index contributed by atoms with van der Waals surface area (Å²) in [6.45, 7) is 1.01. The van der Waals surface area contributed by atoms with Gasteiger partial charge < -0.3 is 18.7 Å². The maximum Gasteiger partial charge on any atom is 0.253 e. The van der Waals surface area contributed by atoms with Crippen molar-refractivity contribution in [3.63, 3.8) is 0 Å². The summed E-state index contributed by atoms with van der Waals surface area (Å²) in [6, 6.07) is 8.05. The van der Waals surface area contributed by atoms with Crippen LogP contribution in [0.15, 0.2) is 41.1 Å². The largest absolute Gasteiger partial charge is 0.494 e. The van der Waals surface area contributed by atoms with Gasteiger partial charge in [0.15, 0.2) is 11.6 Å². The van der Waals surface area contributed by atoms with Crippen molar-refractivity contribution in [2.45, 2.75) is 12.3 Å². The number of ether oxygens (including phenoxy) is 1.